The Kier molecular flexibility index (Phi) is 9.83. The first kappa shape index (κ1) is 30.4. The van der Waals surface area contributed by atoms with Crippen molar-refractivity contribution in [1.82, 2.24) is 9.21 Å². The molecule has 3 aromatic carbocycles. The Balaban J connectivity index is 1.39. The molecule has 1 heterocycles. The normalized spacial score (nSPS) is 14.8. The molecule has 3 aromatic rings. The quantitative estimate of drug-likeness (QED) is 0.266. The van der Waals surface area contributed by atoms with Crippen LogP contribution >= 0.6 is 23.2 Å². The van der Waals surface area contributed by atoms with Gasteiger partial charge in [-0.3, -0.25) is 4.79 Å². The van der Waals surface area contributed by atoms with E-state index in [0.717, 1.165) is 28.0 Å². The number of ether oxygens (including phenoxy) is 1. The second-order valence-electron chi connectivity index (χ2n) is 10.4. The summed E-state index contributed by atoms with van der Waals surface area (Å²) in [5.41, 5.74) is 5.46. The number of nitrogens with zero attached hydrogens (tertiary/aromatic N) is 2. The van der Waals surface area contributed by atoms with Crippen molar-refractivity contribution in [2.24, 2.45) is 5.92 Å². The molecule has 4 rings (SSSR count). The van der Waals surface area contributed by atoms with Gasteiger partial charge in [0, 0.05) is 32.1 Å². The molecule has 0 aromatic heterocycles. The number of benzene rings is 3. The lowest BCUT2D eigenvalue weighted by Gasteiger charge is -2.33. The van der Waals surface area contributed by atoms with Crippen LogP contribution in [0, 0.1) is 26.7 Å². The van der Waals surface area contributed by atoms with E-state index in [4.69, 9.17) is 27.9 Å². The third kappa shape index (κ3) is 6.65. The second kappa shape index (κ2) is 12.9. The van der Waals surface area contributed by atoms with Gasteiger partial charge in [0.15, 0.2) is 0 Å². The molecule has 0 bridgehead atoms. The lowest BCUT2D eigenvalue weighted by atomic mass is 9.96. The Hall–Kier alpha value is -2.58. The summed E-state index contributed by atoms with van der Waals surface area (Å²) in [4.78, 5) is 15.3. The molecule has 0 unspecified atom stereocenters. The molecule has 0 spiro atoms. The van der Waals surface area contributed by atoms with Crippen LogP contribution in [-0.4, -0.2) is 43.2 Å². The highest BCUT2D eigenvalue weighted by molar-refractivity contribution is 7.89. The van der Waals surface area contributed by atoms with Crippen LogP contribution in [-0.2, 0) is 28.0 Å². The van der Waals surface area contributed by atoms with E-state index >= 15 is 0 Å². The summed E-state index contributed by atoms with van der Waals surface area (Å²) in [7, 11) is -3.80. The standard InChI is InChI=1S/C31H36Cl2N2O4S/c1-5-34(19-24-17-22(3)30(23(4)18-24)39-20-26-10-7-6-9-21(26)2)31(36)25-13-15-35(16-14-25)40(37,38)28-12-8-11-27(32)29(28)33/h6-12,17-18,25H,5,13-16,19-20H2,1-4H3. The van der Waals surface area contributed by atoms with E-state index in [-0.39, 0.29) is 39.9 Å². The molecule has 0 radical (unpaired) electrons. The number of halogens is 2. The number of piperidine rings is 1. The second-order valence-corrected chi connectivity index (χ2v) is 13.0. The molecule has 1 saturated heterocycles. The number of hydrogen-bond donors (Lipinski definition) is 0. The van der Waals surface area contributed by atoms with E-state index < -0.39 is 10.0 Å². The third-order valence-electron chi connectivity index (χ3n) is 7.56. The Morgan fingerprint density at radius 3 is 2.25 bits per heavy atom. The van der Waals surface area contributed by atoms with Gasteiger partial charge in [0.1, 0.15) is 17.3 Å². The minimum Gasteiger partial charge on any atom is -0.488 e. The van der Waals surface area contributed by atoms with Crippen LogP contribution in [0.25, 0.3) is 0 Å². The van der Waals surface area contributed by atoms with Gasteiger partial charge >= 0.3 is 0 Å². The molecule has 1 aliphatic heterocycles. The molecule has 0 aliphatic carbocycles. The van der Waals surface area contributed by atoms with Gasteiger partial charge in [-0.15, -0.1) is 0 Å². The zero-order chi connectivity index (χ0) is 29.0. The molecule has 0 atom stereocenters. The number of carbonyl (C=O) groups excluding carboxylic acids is 1. The van der Waals surface area contributed by atoms with Crippen molar-refractivity contribution in [1.29, 1.82) is 0 Å². The van der Waals surface area contributed by atoms with E-state index in [0.29, 0.717) is 32.5 Å². The maximum atomic E-state index is 13.5. The minimum absolute atomic E-state index is 0.00121. The number of aryl methyl sites for hydroxylation is 3. The first-order chi connectivity index (χ1) is 19.0. The van der Waals surface area contributed by atoms with Crippen molar-refractivity contribution in [3.8, 4) is 5.75 Å². The van der Waals surface area contributed by atoms with Crippen LogP contribution < -0.4 is 4.74 Å². The van der Waals surface area contributed by atoms with Crippen molar-refractivity contribution in [3.63, 3.8) is 0 Å². The fourth-order valence-corrected chi connectivity index (χ4v) is 7.48. The van der Waals surface area contributed by atoms with Gasteiger partial charge in [-0.2, -0.15) is 4.31 Å². The van der Waals surface area contributed by atoms with Crippen LogP contribution in [0.3, 0.4) is 0 Å². The summed E-state index contributed by atoms with van der Waals surface area (Å²) in [5, 5.41) is 0.222. The van der Waals surface area contributed by atoms with E-state index in [1.165, 1.54) is 15.9 Å². The number of carbonyl (C=O) groups is 1. The monoisotopic (exact) mass is 602 g/mol. The fraction of sp³-hybridized carbons (Fsp3) is 0.387. The summed E-state index contributed by atoms with van der Waals surface area (Å²) in [5.74, 6) is 0.686. The van der Waals surface area contributed by atoms with Crippen molar-refractivity contribution in [2.45, 2.75) is 58.6 Å². The lowest BCUT2D eigenvalue weighted by Crippen LogP contribution is -2.44. The molecule has 1 amide bonds. The summed E-state index contributed by atoms with van der Waals surface area (Å²) < 4.78 is 34.0. The van der Waals surface area contributed by atoms with Crippen LogP contribution in [0.5, 0.6) is 5.75 Å². The number of rotatable bonds is 9. The summed E-state index contributed by atoms with van der Waals surface area (Å²) in [6, 6.07) is 16.9. The minimum atomic E-state index is -3.80. The lowest BCUT2D eigenvalue weighted by molar-refractivity contribution is -0.137. The molecule has 9 heteroatoms. The Morgan fingerprint density at radius 1 is 0.975 bits per heavy atom. The predicted molar refractivity (Wildman–Crippen MR) is 160 cm³/mol. The number of amides is 1. The van der Waals surface area contributed by atoms with Gasteiger partial charge in [0.25, 0.3) is 0 Å². The maximum Gasteiger partial charge on any atom is 0.244 e. The van der Waals surface area contributed by atoms with Crippen LogP contribution in [0.4, 0.5) is 0 Å². The van der Waals surface area contributed by atoms with Gasteiger partial charge in [-0.25, -0.2) is 8.42 Å². The molecule has 0 N–H and O–H groups in total. The zero-order valence-corrected chi connectivity index (χ0v) is 25.7. The highest BCUT2D eigenvalue weighted by atomic mass is 35.5. The van der Waals surface area contributed by atoms with Crippen LogP contribution in [0.1, 0.15) is 47.6 Å². The molecule has 1 fully saturated rings. The molecule has 214 valence electrons. The van der Waals surface area contributed by atoms with Gasteiger partial charge in [-0.05, 0) is 80.5 Å². The van der Waals surface area contributed by atoms with Gasteiger partial charge in [0.05, 0.1) is 10.0 Å². The molecule has 6 nitrogen and oxygen atoms in total. The van der Waals surface area contributed by atoms with E-state index in [2.05, 4.69) is 31.2 Å². The molecular weight excluding hydrogens is 567 g/mol. The average molecular weight is 604 g/mol. The van der Waals surface area contributed by atoms with E-state index in [1.54, 1.807) is 12.1 Å². The van der Waals surface area contributed by atoms with Crippen LogP contribution in [0.15, 0.2) is 59.5 Å². The number of sulfonamides is 1. The highest BCUT2D eigenvalue weighted by Crippen LogP contribution is 2.33. The maximum absolute atomic E-state index is 13.5. The molecule has 1 aliphatic rings. The molecular formula is C31H36Cl2N2O4S. The van der Waals surface area contributed by atoms with Crippen molar-refractivity contribution < 1.29 is 17.9 Å². The fourth-order valence-electron chi connectivity index (χ4n) is 5.27. The summed E-state index contributed by atoms with van der Waals surface area (Å²) in [6.07, 6.45) is 0.910. The molecule has 0 saturated carbocycles. The highest BCUT2D eigenvalue weighted by Gasteiger charge is 2.34. The van der Waals surface area contributed by atoms with Crippen molar-refractivity contribution in [2.75, 3.05) is 19.6 Å². The first-order valence-electron chi connectivity index (χ1n) is 13.5. The Bertz CT molecular complexity index is 1460. The zero-order valence-electron chi connectivity index (χ0n) is 23.4. The number of hydrogen-bond acceptors (Lipinski definition) is 4. The SMILES string of the molecule is CCN(Cc1cc(C)c(OCc2ccccc2C)c(C)c1)C(=O)C1CCN(S(=O)(=O)c2cccc(Cl)c2Cl)CC1. The van der Waals surface area contributed by atoms with E-state index in [9.17, 15) is 13.2 Å². The third-order valence-corrected chi connectivity index (χ3v) is 10.4. The average Bonchev–Trinajstić information content (AvgIpc) is 2.93. The first-order valence-corrected chi connectivity index (χ1v) is 15.7. The van der Waals surface area contributed by atoms with E-state index in [1.807, 2.05) is 37.8 Å². The topological polar surface area (TPSA) is 66.9 Å². The van der Waals surface area contributed by atoms with Crippen molar-refractivity contribution >= 4 is 39.1 Å². The van der Waals surface area contributed by atoms with Crippen LogP contribution in [0.2, 0.25) is 10.0 Å². The Labute approximate surface area is 247 Å². The smallest absolute Gasteiger partial charge is 0.244 e. The van der Waals surface area contributed by atoms with Gasteiger partial charge in [-0.1, -0.05) is 65.7 Å². The summed E-state index contributed by atoms with van der Waals surface area (Å²) in [6.45, 7) is 10.2. The van der Waals surface area contributed by atoms with Gasteiger partial charge < -0.3 is 9.64 Å². The summed E-state index contributed by atoms with van der Waals surface area (Å²) >= 11 is 12.2. The molecule has 40 heavy (non-hydrogen) atoms. The van der Waals surface area contributed by atoms with Gasteiger partial charge in [0.2, 0.25) is 15.9 Å². The largest absolute Gasteiger partial charge is 0.488 e. The van der Waals surface area contributed by atoms with Crippen molar-refractivity contribution in [3.05, 3.63) is 92.5 Å². The Morgan fingerprint density at radius 2 is 1.62 bits per heavy atom. The predicted octanol–water partition coefficient (Wildman–Crippen LogP) is 6.95.